The molecule has 0 N–H and O–H groups in total. The molecule has 31 heavy (non-hydrogen) atoms. The summed E-state index contributed by atoms with van der Waals surface area (Å²) in [7, 11) is 0. The van der Waals surface area contributed by atoms with Gasteiger partial charge >= 0.3 is 18.3 Å². The Kier molecular flexibility index (Phi) is 7.89. The first-order chi connectivity index (χ1) is 14.3. The van der Waals surface area contributed by atoms with Crippen molar-refractivity contribution in [2.75, 3.05) is 6.61 Å². The van der Waals surface area contributed by atoms with Crippen LogP contribution in [0.2, 0.25) is 0 Å². The zero-order chi connectivity index (χ0) is 23.4. The number of carbonyl (C=O) groups is 1. The molecule has 0 saturated carbocycles. The van der Waals surface area contributed by atoms with Gasteiger partial charge in [0, 0.05) is 0 Å². The zero-order valence-electron chi connectivity index (χ0n) is 17.9. The van der Waals surface area contributed by atoms with E-state index in [4.69, 9.17) is 4.74 Å². The summed E-state index contributed by atoms with van der Waals surface area (Å²) in [6.07, 6.45) is -9.42. The largest absolute Gasteiger partial charge is 0.501 e. The summed E-state index contributed by atoms with van der Waals surface area (Å²) >= 11 is 0. The molecule has 172 valence electrons. The van der Waals surface area contributed by atoms with Crippen LogP contribution in [0.1, 0.15) is 52.0 Å². The van der Waals surface area contributed by atoms with Crippen LogP contribution in [0.25, 0.3) is 10.8 Å². The van der Waals surface area contributed by atoms with Crippen molar-refractivity contribution in [2.24, 2.45) is 11.8 Å². The van der Waals surface area contributed by atoms with Crippen LogP contribution >= 0.6 is 0 Å². The van der Waals surface area contributed by atoms with Gasteiger partial charge < -0.3 is 9.47 Å². The Bertz CT molecular complexity index is 892. The summed E-state index contributed by atoms with van der Waals surface area (Å²) in [5.41, 5.74) is 1.22. The number of ether oxygens (including phenoxy) is 2. The van der Waals surface area contributed by atoms with Gasteiger partial charge in [0.25, 0.3) is 0 Å². The number of fused-ring (bicyclic) bond motifs is 1. The fourth-order valence-corrected chi connectivity index (χ4v) is 3.42. The predicted molar refractivity (Wildman–Crippen MR) is 108 cm³/mol. The molecule has 3 nitrogen and oxygen atoms in total. The van der Waals surface area contributed by atoms with Crippen LogP contribution < -0.4 is 4.74 Å². The normalized spacial score (nSPS) is 14.5. The van der Waals surface area contributed by atoms with Crippen LogP contribution in [0.15, 0.2) is 36.4 Å². The third-order valence-corrected chi connectivity index (χ3v) is 5.25. The van der Waals surface area contributed by atoms with Gasteiger partial charge in [-0.25, -0.2) is 4.79 Å². The highest BCUT2D eigenvalue weighted by molar-refractivity contribution is 5.84. The second kappa shape index (κ2) is 9.83. The molecule has 0 aliphatic heterocycles. The van der Waals surface area contributed by atoms with Gasteiger partial charge in [-0.1, -0.05) is 58.4 Å². The maximum atomic E-state index is 12.8. The van der Waals surface area contributed by atoms with Crippen molar-refractivity contribution in [1.29, 1.82) is 0 Å². The lowest BCUT2D eigenvalue weighted by Crippen LogP contribution is -2.41. The van der Waals surface area contributed by atoms with Crippen molar-refractivity contribution in [2.45, 2.75) is 58.7 Å². The molecule has 0 aliphatic rings. The molecule has 0 radical (unpaired) electrons. The zero-order valence-corrected chi connectivity index (χ0v) is 17.9. The highest BCUT2D eigenvalue weighted by atomic mass is 19.4. The van der Waals surface area contributed by atoms with E-state index in [9.17, 15) is 26.7 Å². The number of alkyl halides is 5. The molecule has 2 aromatic carbocycles. The molecular weight excluding hydrogens is 419 g/mol. The van der Waals surface area contributed by atoms with Crippen LogP contribution in [-0.4, -0.2) is 24.9 Å². The molecule has 0 bridgehead atoms. The van der Waals surface area contributed by atoms with Crippen molar-refractivity contribution < 1.29 is 36.2 Å². The van der Waals surface area contributed by atoms with Gasteiger partial charge in [-0.2, -0.15) is 22.0 Å². The molecular formula is C23H27F5O3. The van der Waals surface area contributed by atoms with Gasteiger partial charge in [0.2, 0.25) is 0 Å². The van der Waals surface area contributed by atoms with Gasteiger partial charge in [-0.3, -0.25) is 0 Å². The topological polar surface area (TPSA) is 35.5 Å². The van der Waals surface area contributed by atoms with E-state index in [1.54, 1.807) is 12.1 Å². The first kappa shape index (κ1) is 24.9. The lowest BCUT2D eigenvalue weighted by molar-refractivity contribution is -0.376. The Hall–Kier alpha value is -2.38. The molecule has 0 saturated heterocycles. The highest BCUT2D eigenvalue weighted by Crippen LogP contribution is 2.37. The molecule has 2 aromatic rings. The lowest BCUT2D eigenvalue weighted by atomic mass is 9.79. The first-order valence-electron chi connectivity index (χ1n) is 10.2. The van der Waals surface area contributed by atoms with Crippen LogP contribution in [-0.2, 0) is 9.53 Å². The molecule has 0 aliphatic carbocycles. The summed E-state index contributed by atoms with van der Waals surface area (Å²) in [6, 6.07) is 10.9. The number of hydrogen-bond donors (Lipinski definition) is 0. The van der Waals surface area contributed by atoms with Gasteiger partial charge in [-0.15, -0.1) is 0 Å². The van der Waals surface area contributed by atoms with Crippen LogP contribution in [0, 0.1) is 11.8 Å². The first-order valence-corrected chi connectivity index (χ1v) is 10.2. The average molecular weight is 446 g/mol. The van der Waals surface area contributed by atoms with Crippen LogP contribution in [0.4, 0.5) is 22.0 Å². The monoisotopic (exact) mass is 446 g/mol. The highest BCUT2D eigenvalue weighted by Gasteiger charge is 2.62. The number of hydrogen-bond acceptors (Lipinski definition) is 3. The van der Waals surface area contributed by atoms with Crippen molar-refractivity contribution in [3.63, 3.8) is 0 Å². The number of esters is 1. The quantitative estimate of drug-likeness (QED) is 0.305. The van der Waals surface area contributed by atoms with Gasteiger partial charge in [0.1, 0.15) is 5.75 Å². The molecule has 0 aromatic heterocycles. The van der Waals surface area contributed by atoms with Crippen LogP contribution in [0.3, 0.4) is 0 Å². The molecule has 2 unspecified atom stereocenters. The molecule has 0 fully saturated rings. The standard InChI is InChI=1S/C23H27F5O3/c1-5-15(4)20(10-14(2)3)18-7-6-17-12-19(9-8-16(17)11-18)30-13-21(29)31-23(27,28)22(24,25)26/h6-9,11-12,14-15,20H,5,10,13H2,1-4H3. The Morgan fingerprint density at radius 1 is 0.968 bits per heavy atom. The fraction of sp³-hybridized carbons (Fsp3) is 0.522. The summed E-state index contributed by atoms with van der Waals surface area (Å²) in [6.45, 7) is 7.71. The van der Waals surface area contributed by atoms with E-state index < -0.39 is 24.9 Å². The molecule has 0 spiro atoms. The summed E-state index contributed by atoms with van der Waals surface area (Å²) in [5.74, 6) is -0.176. The summed E-state index contributed by atoms with van der Waals surface area (Å²) in [5, 5.41) is 1.73. The van der Waals surface area contributed by atoms with E-state index >= 15 is 0 Å². The molecule has 0 amide bonds. The van der Waals surface area contributed by atoms with E-state index in [1.165, 1.54) is 11.6 Å². The fourth-order valence-electron chi connectivity index (χ4n) is 3.42. The number of halogens is 5. The smallest absolute Gasteiger partial charge is 0.482 e. The molecule has 2 atom stereocenters. The average Bonchev–Trinajstić information content (AvgIpc) is 2.68. The number of carbonyl (C=O) groups excluding carboxylic acids is 1. The minimum Gasteiger partial charge on any atom is -0.482 e. The Labute approximate surface area is 178 Å². The second-order valence-corrected chi connectivity index (χ2v) is 8.17. The minimum absolute atomic E-state index is 0.160. The van der Waals surface area contributed by atoms with E-state index in [0.29, 0.717) is 17.8 Å². The molecule has 2 rings (SSSR count). The number of benzene rings is 2. The van der Waals surface area contributed by atoms with E-state index in [-0.39, 0.29) is 5.75 Å². The van der Waals surface area contributed by atoms with Crippen molar-refractivity contribution in [3.05, 3.63) is 42.0 Å². The molecule has 0 heterocycles. The predicted octanol–water partition coefficient (Wildman–Crippen LogP) is 7.09. The second-order valence-electron chi connectivity index (χ2n) is 8.17. The maximum Gasteiger partial charge on any atom is 0.501 e. The summed E-state index contributed by atoms with van der Waals surface area (Å²) in [4.78, 5) is 11.3. The SMILES string of the molecule is CCC(C)C(CC(C)C)c1ccc2cc(OCC(=O)OC(F)(F)C(F)(F)F)ccc2c1. The van der Waals surface area contributed by atoms with Crippen molar-refractivity contribution in [1.82, 2.24) is 0 Å². The van der Waals surface area contributed by atoms with Crippen molar-refractivity contribution in [3.8, 4) is 5.75 Å². The number of rotatable bonds is 9. The van der Waals surface area contributed by atoms with E-state index in [2.05, 4.69) is 38.5 Å². The van der Waals surface area contributed by atoms with Gasteiger partial charge in [-0.05, 0) is 52.6 Å². The Morgan fingerprint density at radius 3 is 2.16 bits per heavy atom. The Balaban J connectivity index is 2.12. The van der Waals surface area contributed by atoms with Gasteiger partial charge in [0.05, 0.1) is 0 Å². The molecule has 8 heteroatoms. The van der Waals surface area contributed by atoms with E-state index in [0.717, 1.165) is 23.6 Å². The van der Waals surface area contributed by atoms with Gasteiger partial charge in [0.15, 0.2) is 6.61 Å². The van der Waals surface area contributed by atoms with Crippen LogP contribution in [0.5, 0.6) is 5.75 Å². The van der Waals surface area contributed by atoms with E-state index in [1.807, 2.05) is 12.1 Å². The summed E-state index contributed by atoms with van der Waals surface area (Å²) < 4.78 is 70.0. The lowest BCUT2D eigenvalue weighted by Gasteiger charge is -2.25. The minimum atomic E-state index is -5.98. The van der Waals surface area contributed by atoms with Crippen molar-refractivity contribution >= 4 is 16.7 Å². The third-order valence-electron chi connectivity index (χ3n) is 5.25. The Morgan fingerprint density at radius 2 is 1.58 bits per heavy atom. The maximum absolute atomic E-state index is 12.8. The third kappa shape index (κ3) is 6.55.